The first-order valence-corrected chi connectivity index (χ1v) is 8.47. The van der Waals surface area contributed by atoms with Crippen LogP contribution in [-0.4, -0.2) is 17.0 Å². The van der Waals surface area contributed by atoms with Crippen molar-refractivity contribution >= 4 is 11.6 Å². The minimum atomic E-state index is -0.369. The van der Waals surface area contributed by atoms with Gasteiger partial charge in [0.15, 0.2) is 0 Å². The number of hydrogen-bond donors (Lipinski definition) is 0. The van der Waals surface area contributed by atoms with Crippen molar-refractivity contribution in [3.05, 3.63) is 99.7 Å². The number of carbonyl (C=O) groups excluding carboxylic acids is 1. The Kier molecular flexibility index (Phi) is 4.13. The first-order chi connectivity index (χ1) is 12.6. The Morgan fingerprint density at radius 2 is 1.88 bits per heavy atom. The second-order valence-electron chi connectivity index (χ2n) is 6.32. The van der Waals surface area contributed by atoms with Crippen LogP contribution in [0.5, 0.6) is 0 Å². The van der Waals surface area contributed by atoms with E-state index in [1.165, 1.54) is 16.7 Å². The van der Waals surface area contributed by atoms with E-state index in [0.29, 0.717) is 12.1 Å². The second kappa shape index (κ2) is 6.59. The first kappa shape index (κ1) is 16.3. The highest BCUT2D eigenvalue weighted by atomic mass is 19.1. The van der Waals surface area contributed by atoms with Gasteiger partial charge in [-0.05, 0) is 47.9 Å². The van der Waals surface area contributed by atoms with Crippen LogP contribution in [0.25, 0.3) is 0 Å². The number of para-hydroxylation sites is 1. The highest BCUT2D eigenvalue weighted by Crippen LogP contribution is 2.28. The molecule has 4 rings (SSSR count). The van der Waals surface area contributed by atoms with E-state index in [9.17, 15) is 14.0 Å². The Hall–Kier alpha value is -3.21. The van der Waals surface area contributed by atoms with Crippen molar-refractivity contribution in [2.24, 2.45) is 0 Å². The molecule has 0 saturated heterocycles. The summed E-state index contributed by atoms with van der Waals surface area (Å²) in [5.74, 6) is -0.648. The fourth-order valence-corrected chi connectivity index (χ4v) is 3.35. The average molecular weight is 348 g/mol. The number of halogens is 1. The van der Waals surface area contributed by atoms with Crippen molar-refractivity contribution in [1.82, 2.24) is 4.57 Å². The Bertz CT molecular complexity index is 1040. The number of amides is 1. The lowest BCUT2D eigenvalue weighted by Crippen LogP contribution is -2.35. The van der Waals surface area contributed by atoms with Crippen LogP contribution in [0.1, 0.15) is 21.5 Å². The Morgan fingerprint density at radius 1 is 1.04 bits per heavy atom. The number of anilines is 1. The largest absolute Gasteiger partial charge is 0.310 e. The molecule has 1 aliphatic rings. The SMILES string of the molecule is O=C(c1cccn(Cc2cccc(F)c2)c1=O)N1CCc2ccccc21. The van der Waals surface area contributed by atoms with Crippen molar-refractivity contribution in [1.29, 1.82) is 0 Å². The summed E-state index contributed by atoms with van der Waals surface area (Å²) in [6, 6.07) is 17.0. The van der Waals surface area contributed by atoms with E-state index in [1.54, 1.807) is 35.4 Å². The van der Waals surface area contributed by atoms with Crippen LogP contribution in [0, 0.1) is 5.82 Å². The molecule has 0 saturated carbocycles. The number of aromatic nitrogens is 1. The maximum atomic E-state index is 13.4. The molecule has 0 spiro atoms. The second-order valence-corrected chi connectivity index (χ2v) is 6.32. The molecule has 0 fully saturated rings. The lowest BCUT2D eigenvalue weighted by Gasteiger charge is -2.17. The van der Waals surface area contributed by atoms with Crippen molar-refractivity contribution in [2.75, 3.05) is 11.4 Å². The zero-order valence-corrected chi connectivity index (χ0v) is 14.1. The van der Waals surface area contributed by atoms with Crippen molar-refractivity contribution in [3.8, 4) is 0 Å². The molecule has 4 nitrogen and oxygen atoms in total. The van der Waals surface area contributed by atoms with Crippen LogP contribution in [0.15, 0.2) is 71.7 Å². The molecule has 0 unspecified atom stereocenters. The Labute approximate surface area is 150 Å². The average Bonchev–Trinajstić information content (AvgIpc) is 3.07. The highest BCUT2D eigenvalue weighted by molar-refractivity contribution is 6.07. The number of pyridine rings is 1. The molecule has 26 heavy (non-hydrogen) atoms. The van der Waals surface area contributed by atoms with Crippen molar-refractivity contribution in [2.45, 2.75) is 13.0 Å². The molecular weight excluding hydrogens is 331 g/mol. The van der Waals surface area contributed by atoms with Gasteiger partial charge in [0.25, 0.3) is 11.5 Å². The van der Waals surface area contributed by atoms with Crippen molar-refractivity contribution < 1.29 is 9.18 Å². The molecule has 130 valence electrons. The van der Waals surface area contributed by atoms with Crippen LogP contribution < -0.4 is 10.5 Å². The summed E-state index contributed by atoms with van der Waals surface area (Å²) in [5, 5.41) is 0. The molecule has 3 aromatic rings. The minimum absolute atomic E-state index is 0.126. The summed E-state index contributed by atoms with van der Waals surface area (Å²) in [5.41, 5.74) is 2.39. The number of fused-ring (bicyclic) bond motifs is 1. The third-order valence-electron chi connectivity index (χ3n) is 4.62. The summed E-state index contributed by atoms with van der Waals surface area (Å²) in [7, 11) is 0. The molecule has 5 heteroatoms. The zero-order chi connectivity index (χ0) is 18.1. The molecule has 0 aliphatic carbocycles. The summed E-state index contributed by atoms with van der Waals surface area (Å²) in [6.07, 6.45) is 2.40. The predicted octanol–water partition coefficient (Wildman–Crippen LogP) is 3.24. The van der Waals surface area contributed by atoms with Crippen LogP contribution in [0.2, 0.25) is 0 Å². The number of hydrogen-bond acceptors (Lipinski definition) is 2. The number of benzene rings is 2. The zero-order valence-electron chi connectivity index (χ0n) is 14.1. The minimum Gasteiger partial charge on any atom is -0.310 e. The van der Waals surface area contributed by atoms with Crippen molar-refractivity contribution in [3.63, 3.8) is 0 Å². The quantitative estimate of drug-likeness (QED) is 0.729. The van der Waals surface area contributed by atoms with Gasteiger partial charge in [0, 0.05) is 18.4 Å². The van der Waals surface area contributed by atoms with Gasteiger partial charge in [-0.1, -0.05) is 30.3 Å². The van der Waals surface area contributed by atoms with Gasteiger partial charge in [-0.2, -0.15) is 0 Å². The normalized spacial score (nSPS) is 12.9. The van der Waals surface area contributed by atoms with E-state index in [4.69, 9.17) is 0 Å². The molecule has 0 atom stereocenters. The van der Waals surface area contributed by atoms with Gasteiger partial charge in [0.1, 0.15) is 11.4 Å². The first-order valence-electron chi connectivity index (χ1n) is 8.47. The van der Waals surface area contributed by atoms with Gasteiger partial charge in [-0.15, -0.1) is 0 Å². The third kappa shape index (κ3) is 2.92. The molecule has 0 N–H and O–H groups in total. The Morgan fingerprint density at radius 3 is 2.73 bits per heavy atom. The third-order valence-corrected chi connectivity index (χ3v) is 4.62. The van der Waals surface area contributed by atoms with E-state index >= 15 is 0 Å². The van der Waals surface area contributed by atoms with Gasteiger partial charge in [-0.3, -0.25) is 9.59 Å². The fourth-order valence-electron chi connectivity index (χ4n) is 3.35. The highest BCUT2D eigenvalue weighted by Gasteiger charge is 2.27. The van der Waals surface area contributed by atoms with Gasteiger partial charge in [-0.25, -0.2) is 4.39 Å². The molecule has 2 heterocycles. The summed E-state index contributed by atoms with van der Waals surface area (Å²) < 4.78 is 14.8. The number of nitrogens with zero attached hydrogens (tertiary/aromatic N) is 2. The van der Waals surface area contributed by atoms with Gasteiger partial charge >= 0.3 is 0 Å². The van der Waals surface area contributed by atoms with E-state index in [2.05, 4.69) is 0 Å². The van der Waals surface area contributed by atoms with E-state index in [0.717, 1.165) is 17.7 Å². The molecular formula is C21H17FN2O2. The smallest absolute Gasteiger partial charge is 0.263 e. The van der Waals surface area contributed by atoms with Gasteiger partial charge in [0.05, 0.1) is 6.54 Å². The lowest BCUT2D eigenvalue weighted by molar-refractivity contribution is 0.0987. The van der Waals surface area contributed by atoms with E-state index in [1.807, 2.05) is 24.3 Å². The van der Waals surface area contributed by atoms with Gasteiger partial charge in [0.2, 0.25) is 0 Å². The maximum Gasteiger partial charge on any atom is 0.263 e. The molecule has 1 aliphatic heterocycles. The van der Waals surface area contributed by atoms with Crippen LogP contribution in [0.3, 0.4) is 0 Å². The predicted molar refractivity (Wildman–Crippen MR) is 98.0 cm³/mol. The number of rotatable bonds is 3. The monoisotopic (exact) mass is 348 g/mol. The summed E-state index contributed by atoms with van der Waals surface area (Å²) in [4.78, 5) is 27.4. The molecule has 0 radical (unpaired) electrons. The fraction of sp³-hybridized carbons (Fsp3) is 0.143. The molecule has 1 aromatic heterocycles. The topological polar surface area (TPSA) is 42.3 Å². The van der Waals surface area contributed by atoms with Crippen LogP contribution in [-0.2, 0) is 13.0 Å². The van der Waals surface area contributed by atoms with Crippen LogP contribution in [0.4, 0.5) is 10.1 Å². The van der Waals surface area contributed by atoms with E-state index in [-0.39, 0.29) is 29.4 Å². The lowest BCUT2D eigenvalue weighted by atomic mass is 10.1. The standard InChI is InChI=1S/C21H17FN2O2/c22-17-7-3-5-15(13-17)14-23-11-4-8-18(20(23)25)21(26)24-12-10-16-6-1-2-9-19(16)24/h1-9,11,13H,10,12,14H2. The molecule has 2 aromatic carbocycles. The van der Waals surface area contributed by atoms with Crippen LogP contribution >= 0.6 is 0 Å². The molecule has 0 bridgehead atoms. The summed E-state index contributed by atoms with van der Waals surface area (Å²) >= 11 is 0. The Balaban J connectivity index is 1.66. The maximum absolute atomic E-state index is 13.4. The molecule has 1 amide bonds. The van der Waals surface area contributed by atoms with E-state index < -0.39 is 0 Å². The number of carbonyl (C=O) groups is 1. The summed E-state index contributed by atoms with van der Waals surface area (Å²) in [6.45, 7) is 0.782. The van der Waals surface area contributed by atoms with Gasteiger partial charge < -0.3 is 9.47 Å².